The second-order valence-electron chi connectivity index (χ2n) is 5.01. The standard InChI is InChI=1S/C16H19NS/c1-13-7-2-3-8-14(13)17-11-5-4-9-15(17)16-10-6-12-18-16/h2-3,6-8,10,12,15H,4-5,9,11H2,1H3. The van der Waals surface area contributed by atoms with Gasteiger partial charge in [0, 0.05) is 17.1 Å². The topological polar surface area (TPSA) is 3.24 Å². The van der Waals surface area contributed by atoms with Gasteiger partial charge < -0.3 is 4.90 Å². The molecule has 1 aromatic heterocycles. The van der Waals surface area contributed by atoms with Gasteiger partial charge in [0.1, 0.15) is 0 Å². The van der Waals surface area contributed by atoms with Gasteiger partial charge in [-0.25, -0.2) is 0 Å². The lowest BCUT2D eigenvalue weighted by molar-refractivity contribution is 0.478. The lowest BCUT2D eigenvalue weighted by atomic mass is 9.99. The Morgan fingerprint density at radius 2 is 2.00 bits per heavy atom. The van der Waals surface area contributed by atoms with Gasteiger partial charge in [-0.15, -0.1) is 11.3 Å². The molecule has 0 amide bonds. The molecule has 3 rings (SSSR count). The number of rotatable bonds is 2. The largest absolute Gasteiger partial charge is 0.363 e. The summed E-state index contributed by atoms with van der Waals surface area (Å²) in [6.07, 6.45) is 3.95. The van der Waals surface area contributed by atoms with Gasteiger partial charge in [-0.3, -0.25) is 0 Å². The minimum absolute atomic E-state index is 0.583. The number of para-hydroxylation sites is 1. The number of hydrogen-bond donors (Lipinski definition) is 0. The number of aryl methyl sites for hydroxylation is 1. The molecule has 0 N–H and O–H groups in total. The first-order chi connectivity index (χ1) is 8.86. The van der Waals surface area contributed by atoms with Crippen LogP contribution in [-0.2, 0) is 0 Å². The zero-order chi connectivity index (χ0) is 12.4. The third-order valence-electron chi connectivity index (χ3n) is 3.80. The summed E-state index contributed by atoms with van der Waals surface area (Å²) in [5.74, 6) is 0. The van der Waals surface area contributed by atoms with Crippen molar-refractivity contribution < 1.29 is 0 Å². The quantitative estimate of drug-likeness (QED) is 0.747. The third kappa shape index (κ3) is 2.17. The van der Waals surface area contributed by atoms with Gasteiger partial charge in [0.25, 0.3) is 0 Å². The Balaban J connectivity index is 1.95. The predicted octanol–water partition coefficient (Wildman–Crippen LogP) is 4.79. The lowest BCUT2D eigenvalue weighted by Crippen LogP contribution is -2.33. The zero-order valence-corrected chi connectivity index (χ0v) is 11.6. The molecule has 1 nitrogen and oxygen atoms in total. The SMILES string of the molecule is Cc1ccccc1N1CCCCC1c1cccs1. The number of anilines is 1. The minimum atomic E-state index is 0.583. The summed E-state index contributed by atoms with van der Waals surface area (Å²) in [5, 5.41) is 2.19. The van der Waals surface area contributed by atoms with E-state index in [1.54, 1.807) is 0 Å². The molecule has 0 saturated carbocycles. The minimum Gasteiger partial charge on any atom is -0.363 e. The van der Waals surface area contributed by atoms with Crippen molar-refractivity contribution in [3.8, 4) is 0 Å². The molecular weight excluding hydrogens is 238 g/mol. The third-order valence-corrected chi connectivity index (χ3v) is 4.77. The number of thiophene rings is 1. The van der Waals surface area contributed by atoms with Gasteiger partial charge >= 0.3 is 0 Å². The van der Waals surface area contributed by atoms with Crippen LogP contribution in [0.15, 0.2) is 41.8 Å². The van der Waals surface area contributed by atoms with E-state index in [4.69, 9.17) is 0 Å². The first-order valence-corrected chi connectivity index (χ1v) is 7.60. The van der Waals surface area contributed by atoms with Crippen molar-refractivity contribution in [3.63, 3.8) is 0 Å². The smallest absolute Gasteiger partial charge is 0.0635 e. The predicted molar refractivity (Wildman–Crippen MR) is 79.4 cm³/mol. The number of hydrogen-bond acceptors (Lipinski definition) is 2. The normalized spacial score (nSPS) is 20.1. The van der Waals surface area contributed by atoms with E-state index in [0.29, 0.717) is 6.04 Å². The molecule has 0 aliphatic carbocycles. The van der Waals surface area contributed by atoms with Crippen LogP contribution in [0.5, 0.6) is 0 Å². The number of piperidine rings is 1. The van der Waals surface area contributed by atoms with E-state index >= 15 is 0 Å². The van der Waals surface area contributed by atoms with Gasteiger partial charge in [-0.1, -0.05) is 24.3 Å². The average Bonchev–Trinajstić information content (AvgIpc) is 2.93. The molecule has 1 aliphatic heterocycles. The van der Waals surface area contributed by atoms with E-state index in [2.05, 4.69) is 53.6 Å². The first kappa shape index (κ1) is 11.8. The maximum absolute atomic E-state index is 2.60. The highest BCUT2D eigenvalue weighted by Crippen LogP contribution is 2.37. The van der Waals surface area contributed by atoms with E-state index < -0.39 is 0 Å². The van der Waals surface area contributed by atoms with Crippen molar-refractivity contribution in [1.82, 2.24) is 0 Å². The molecule has 18 heavy (non-hydrogen) atoms. The van der Waals surface area contributed by atoms with Gasteiger partial charge in [-0.05, 0) is 49.3 Å². The fourth-order valence-electron chi connectivity index (χ4n) is 2.88. The second kappa shape index (κ2) is 5.15. The van der Waals surface area contributed by atoms with Crippen LogP contribution in [0.3, 0.4) is 0 Å². The Morgan fingerprint density at radius 1 is 1.11 bits per heavy atom. The molecule has 0 radical (unpaired) electrons. The molecule has 1 aromatic carbocycles. The Morgan fingerprint density at radius 3 is 2.78 bits per heavy atom. The Hall–Kier alpha value is -1.28. The lowest BCUT2D eigenvalue weighted by Gasteiger charge is -2.38. The molecule has 1 fully saturated rings. The highest BCUT2D eigenvalue weighted by Gasteiger charge is 2.25. The van der Waals surface area contributed by atoms with Gasteiger partial charge in [0.15, 0.2) is 0 Å². The van der Waals surface area contributed by atoms with Crippen LogP contribution in [0.2, 0.25) is 0 Å². The first-order valence-electron chi connectivity index (χ1n) is 6.72. The van der Waals surface area contributed by atoms with Crippen LogP contribution in [-0.4, -0.2) is 6.54 Å². The highest BCUT2D eigenvalue weighted by atomic mass is 32.1. The van der Waals surface area contributed by atoms with Crippen LogP contribution in [0.4, 0.5) is 5.69 Å². The van der Waals surface area contributed by atoms with Crippen LogP contribution in [0, 0.1) is 6.92 Å². The van der Waals surface area contributed by atoms with Crippen LogP contribution >= 0.6 is 11.3 Å². The molecule has 1 saturated heterocycles. The van der Waals surface area contributed by atoms with Crippen molar-refractivity contribution >= 4 is 17.0 Å². The number of nitrogens with zero attached hydrogens (tertiary/aromatic N) is 1. The summed E-state index contributed by atoms with van der Waals surface area (Å²) in [5.41, 5.74) is 2.80. The molecular formula is C16H19NS. The van der Waals surface area contributed by atoms with E-state index in [-0.39, 0.29) is 0 Å². The summed E-state index contributed by atoms with van der Waals surface area (Å²) < 4.78 is 0. The van der Waals surface area contributed by atoms with Gasteiger partial charge in [-0.2, -0.15) is 0 Å². The van der Waals surface area contributed by atoms with Crippen LogP contribution < -0.4 is 4.90 Å². The van der Waals surface area contributed by atoms with Crippen molar-refractivity contribution in [2.45, 2.75) is 32.2 Å². The van der Waals surface area contributed by atoms with E-state index in [9.17, 15) is 0 Å². The monoisotopic (exact) mass is 257 g/mol. The highest BCUT2D eigenvalue weighted by molar-refractivity contribution is 7.10. The van der Waals surface area contributed by atoms with E-state index in [1.165, 1.54) is 41.9 Å². The van der Waals surface area contributed by atoms with Crippen LogP contribution in [0.25, 0.3) is 0 Å². The van der Waals surface area contributed by atoms with Crippen LogP contribution in [0.1, 0.15) is 35.7 Å². The summed E-state index contributed by atoms with van der Waals surface area (Å²) >= 11 is 1.89. The Bertz CT molecular complexity index is 504. The van der Waals surface area contributed by atoms with Gasteiger partial charge in [0.2, 0.25) is 0 Å². The molecule has 1 atom stereocenters. The summed E-state index contributed by atoms with van der Waals surface area (Å²) in [4.78, 5) is 4.11. The van der Waals surface area contributed by atoms with E-state index in [1.807, 2.05) is 11.3 Å². The molecule has 2 heteroatoms. The molecule has 2 aromatic rings. The average molecular weight is 257 g/mol. The summed E-state index contributed by atoms with van der Waals surface area (Å²) in [7, 11) is 0. The fourth-order valence-corrected chi connectivity index (χ4v) is 3.76. The Labute approximate surface area is 113 Å². The summed E-state index contributed by atoms with van der Waals surface area (Å²) in [6.45, 7) is 3.41. The van der Waals surface area contributed by atoms with Crippen molar-refractivity contribution in [2.24, 2.45) is 0 Å². The van der Waals surface area contributed by atoms with Gasteiger partial charge in [0.05, 0.1) is 6.04 Å². The maximum Gasteiger partial charge on any atom is 0.0635 e. The second-order valence-corrected chi connectivity index (χ2v) is 5.99. The maximum atomic E-state index is 2.60. The van der Waals surface area contributed by atoms with Crippen molar-refractivity contribution in [1.29, 1.82) is 0 Å². The Kier molecular flexibility index (Phi) is 3.37. The van der Waals surface area contributed by atoms with Crippen molar-refractivity contribution in [3.05, 3.63) is 52.2 Å². The molecule has 2 heterocycles. The van der Waals surface area contributed by atoms with Crippen molar-refractivity contribution in [2.75, 3.05) is 11.4 Å². The summed E-state index contributed by atoms with van der Waals surface area (Å²) in [6, 6.07) is 13.8. The molecule has 0 bridgehead atoms. The fraction of sp³-hybridized carbons (Fsp3) is 0.375. The molecule has 1 aliphatic rings. The number of benzene rings is 1. The molecule has 0 spiro atoms. The van der Waals surface area contributed by atoms with E-state index in [0.717, 1.165) is 0 Å². The zero-order valence-electron chi connectivity index (χ0n) is 10.8. The molecule has 94 valence electrons. The molecule has 1 unspecified atom stereocenters.